The molecule has 0 bridgehead atoms. The summed E-state index contributed by atoms with van der Waals surface area (Å²) in [7, 11) is 0. The SMILES string of the molecule is CC(C)c1ccc(CCC(=O)Nc2nc(-c3ccc(Br)cc3)cs2)cc1. The molecule has 0 aliphatic carbocycles. The number of amides is 1. The van der Waals surface area contributed by atoms with E-state index in [9.17, 15) is 4.79 Å². The van der Waals surface area contributed by atoms with Crippen molar-refractivity contribution in [1.29, 1.82) is 0 Å². The number of hydrogen-bond acceptors (Lipinski definition) is 3. The highest BCUT2D eigenvalue weighted by Crippen LogP contribution is 2.26. The van der Waals surface area contributed by atoms with Crippen molar-refractivity contribution in [3.05, 3.63) is 69.5 Å². The van der Waals surface area contributed by atoms with E-state index in [0.29, 0.717) is 17.5 Å². The lowest BCUT2D eigenvalue weighted by Crippen LogP contribution is -2.12. The molecule has 3 aromatic rings. The quantitative estimate of drug-likeness (QED) is 0.502. The first-order valence-electron chi connectivity index (χ1n) is 8.61. The first kappa shape index (κ1) is 18.8. The lowest BCUT2D eigenvalue weighted by molar-refractivity contribution is -0.116. The number of halogens is 1. The summed E-state index contributed by atoms with van der Waals surface area (Å²) in [6, 6.07) is 16.5. The maximum absolute atomic E-state index is 12.2. The smallest absolute Gasteiger partial charge is 0.226 e. The fraction of sp³-hybridized carbons (Fsp3) is 0.238. The minimum Gasteiger partial charge on any atom is -0.302 e. The number of rotatable bonds is 6. The van der Waals surface area contributed by atoms with Gasteiger partial charge >= 0.3 is 0 Å². The van der Waals surface area contributed by atoms with E-state index in [1.54, 1.807) is 0 Å². The Balaban J connectivity index is 1.54. The standard InChI is InChI=1S/C21H21BrN2OS/c1-14(2)16-6-3-15(4-7-16)5-12-20(25)24-21-23-19(13-26-21)17-8-10-18(22)11-9-17/h3-4,6-11,13-14H,5,12H2,1-2H3,(H,23,24,25). The van der Waals surface area contributed by atoms with Gasteiger partial charge < -0.3 is 5.32 Å². The highest BCUT2D eigenvalue weighted by Gasteiger charge is 2.09. The van der Waals surface area contributed by atoms with Crippen LogP contribution in [-0.2, 0) is 11.2 Å². The molecule has 0 aliphatic heterocycles. The van der Waals surface area contributed by atoms with Crippen LogP contribution in [0, 0.1) is 0 Å². The number of carbonyl (C=O) groups excluding carboxylic acids is 1. The zero-order valence-corrected chi connectivity index (χ0v) is 17.2. The molecule has 1 heterocycles. The molecule has 3 nitrogen and oxygen atoms in total. The second kappa shape index (κ2) is 8.60. The summed E-state index contributed by atoms with van der Waals surface area (Å²) in [5.74, 6) is 0.520. The maximum Gasteiger partial charge on any atom is 0.226 e. The van der Waals surface area contributed by atoms with Crippen LogP contribution >= 0.6 is 27.3 Å². The van der Waals surface area contributed by atoms with Crippen molar-refractivity contribution < 1.29 is 4.79 Å². The second-order valence-corrected chi connectivity index (χ2v) is 8.26. The minimum absolute atomic E-state index is 0.00496. The summed E-state index contributed by atoms with van der Waals surface area (Å²) in [6.07, 6.45) is 1.18. The highest BCUT2D eigenvalue weighted by molar-refractivity contribution is 9.10. The Labute approximate surface area is 166 Å². The molecule has 0 unspecified atom stereocenters. The molecule has 2 aromatic carbocycles. The van der Waals surface area contributed by atoms with E-state index < -0.39 is 0 Å². The lowest BCUT2D eigenvalue weighted by Gasteiger charge is -2.07. The monoisotopic (exact) mass is 428 g/mol. The zero-order valence-electron chi connectivity index (χ0n) is 14.8. The molecule has 0 saturated heterocycles. The molecule has 0 radical (unpaired) electrons. The van der Waals surface area contributed by atoms with E-state index in [0.717, 1.165) is 22.2 Å². The normalized spacial score (nSPS) is 10.9. The second-order valence-electron chi connectivity index (χ2n) is 6.49. The van der Waals surface area contributed by atoms with E-state index >= 15 is 0 Å². The number of aryl methyl sites for hydroxylation is 1. The number of hydrogen-bond donors (Lipinski definition) is 1. The Morgan fingerprint density at radius 1 is 1.12 bits per heavy atom. The number of nitrogens with one attached hydrogen (secondary N) is 1. The minimum atomic E-state index is -0.00496. The van der Waals surface area contributed by atoms with E-state index in [4.69, 9.17) is 0 Å². The third-order valence-corrected chi connectivity index (χ3v) is 5.46. The van der Waals surface area contributed by atoms with Crippen molar-refractivity contribution >= 4 is 38.3 Å². The van der Waals surface area contributed by atoms with Crippen molar-refractivity contribution in [3.8, 4) is 11.3 Å². The summed E-state index contributed by atoms with van der Waals surface area (Å²) in [6.45, 7) is 4.36. The van der Waals surface area contributed by atoms with Gasteiger partial charge in [-0.25, -0.2) is 4.98 Å². The number of carbonyl (C=O) groups is 1. The summed E-state index contributed by atoms with van der Waals surface area (Å²) < 4.78 is 1.03. The Morgan fingerprint density at radius 2 is 1.81 bits per heavy atom. The van der Waals surface area contributed by atoms with Gasteiger partial charge in [0.15, 0.2) is 5.13 Å². The number of nitrogens with zero attached hydrogens (tertiary/aromatic N) is 1. The molecule has 1 amide bonds. The van der Waals surface area contributed by atoms with E-state index in [1.807, 2.05) is 29.6 Å². The number of anilines is 1. The van der Waals surface area contributed by atoms with Gasteiger partial charge in [-0.1, -0.05) is 66.2 Å². The fourth-order valence-corrected chi connectivity index (χ4v) is 3.59. The Kier molecular flexibility index (Phi) is 6.22. The van der Waals surface area contributed by atoms with Gasteiger partial charge in [0.25, 0.3) is 0 Å². The van der Waals surface area contributed by atoms with Gasteiger partial charge in [-0.05, 0) is 35.6 Å². The summed E-state index contributed by atoms with van der Waals surface area (Å²) in [5.41, 5.74) is 4.41. The lowest BCUT2D eigenvalue weighted by atomic mass is 10.0. The molecule has 0 aliphatic rings. The van der Waals surface area contributed by atoms with E-state index in [2.05, 4.69) is 64.3 Å². The van der Waals surface area contributed by atoms with Crippen LogP contribution in [-0.4, -0.2) is 10.9 Å². The van der Waals surface area contributed by atoms with Gasteiger partial charge in [0.1, 0.15) is 0 Å². The average Bonchev–Trinajstić information content (AvgIpc) is 3.09. The third kappa shape index (κ3) is 5.02. The number of aromatic nitrogens is 1. The van der Waals surface area contributed by atoms with Crippen molar-refractivity contribution in [1.82, 2.24) is 4.98 Å². The molecule has 26 heavy (non-hydrogen) atoms. The van der Waals surface area contributed by atoms with Crippen LogP contribution in [0.25, 0.3) is 11.3 Å². The van der Waals surface area contributed by atoms with Crippen LogP contribution in [0.3, 0.4) is 0 Å². The summed E-state index contributed by atoms with van der Waals surface area (Å²) in [5, 5.41) is 5.51. The average molecular weight is 429 g/mol. The van der Waals surface area contributed by atoms with Crippen LogP contribution < -0.4 is 5.32 Å². The molecule has 1 N–H and O–H groups in total. The summed E-state index contributed by atoms with van der Waals surface area (Å²) in [4.78, 5) is 16.7. The van der Waals surface area contributed by atoms with Crippen molar-refractivity contribution in [2.75, 3.05) is 5.32 Å². The molecule has 0 saturated carbocycles. The first-order chi connectivity index (χ1) is 12.5. The Morgan fingerprint density at radius 3 is 2.46 bits per heavy atom. The van der Waals surface area contributed by atoms with Gasteiger partial charge in [-0.3, -0.25) is 4.79 Å². The van der Waals surface area contributed by atoms with E-state index in [1.165, 1.54) is 22.5 Å². The summed E-state index contributed by atoms with van der Waals surface area (Å²) >= 11 is 4.88. The number of benzene rings is 2. The van der Waals surface area contributed by atoms with Crippen LogP contribution in [0.2, 0.25) is 0 Å². The fourth-order valence-electron chi connectivity index (χ4n) is 2.59. The van der Waals surface area contributed by atoms with Crippen molar-refractivity contribution in [3.63, 3.8) is 0 Å². The van der Waals surface area contributed by atoms with Gasteiger partial charge in [0.2, 0.25) is 5.91 Å². The third-order valence-electron chi connectivity index (χ3n) is 4.18. The molecule has 5 heteroatoms. The molecule has 0 atom stereocenters. The molecule has 134 valence electrons. The zero-order chi connectivity index (χ0) is 18.5. The van der Waals surface area contributed by atoms with Crippen LogP contribution in [0.5, 0.6) is 0 Å². The van der Waals surface area contributed by atoms with Crippen LogP contribution in [0.4, 0.5) is 5.13 Å². The molecular weight excluding hydrogens is 408 g/mol. The van der Waals surface area contributed by atoms with Gasteiger partial charge in [0.05, 0.1) is 5.69 Å². The van der Waals surface area contributed by atoms with Crippen molar-refractivity contribution in [2.24, 2.45) is 0 Å². The van der Waals surface area contributed by atoms with Crippen LogP contribution in [0.1, 0.15) is 37.3 Å². The highest BCUT2D eigenvalue weighted by atomic mass is 79.9. The largest absolute Gasteiger partial charge is 0.302 e. The van der Waals surface area contributed by atoms with Crippen LogP contribution in [0.15, 0.2) is 58.4 Å². The van der Waals surface area contributed by atoms with Gasteiger partial charge in [-0.15, -0.1) is 11.3 Å². The Hall–Kier alpha value is -1.98. The molecule has 0 spiro atoms. The number of thiazole rings is 1. The Bertz CT molecular complexity index is 870. The topological polar surface area (TPSA) is 42.0 Å². The molecule has 3 rings (SSSR count). The van der Waals surface area contributed by atoms with Gasteiger partial charge in [0, 0.05) is 21.8 Å². The predicted octanol–water partition coefficient (Wildman–Crippen LogP) is 6.27. The maximum atomic E-state index is 12.2. The first-order valence-corrected chi connectivity index (χ1v) is 10.3. The molecule has 0 fully saturated rings. The van der Waals surface area contributed by atoms with E-state index in [-0.39, 0.29) is 5.91 Å². The van der Waals surface area contributed by atoms with Gasteiger partial charge in [-0.2, -0.15) is 0 Å². The predicted molar refractivity (Wildman–Crippen MR) is 113 cm³/mol. The van der Waals surface area contributed by atoms with Crippen molar-refractivity contribution in [2.45, 2.75) is 32.6 Å². The molecular formula is C21H21BrN2OS. The molecule has 1 aromatic heterocycles.